The van der Waals surface area contributed by atoms with E-state index in [0.717, 1.165) is 19.4 Å². The van der Waals surface area contributed by atoms with Crippen molar-refractivity contribution in [3.8, 4) is 0 Å². The van der Waals surface area contributed by atoms with Gasteiger partial charge in [0.15, 0.2) is 6.29 Å². The first kappa shape index (κ1) is 7.98. The Hall–Kier alpha value is -0.120. The Bertz CT molecular complexity index is 78.9. The van der Waals surface area contributed by atoms with E-state index in [1.807, 2.05) is 0 Å². The van der Waals surface area contributed by atoms with E-state index < -0.39 is 0 Å². The Morgan fingerprint density at radius 3 is 3.00 bits per heavy atom. The highest BCUT2D eigenvalue weighted by Crippen LogP contribution is 2.12. The Morgan fingerprint density at radius 2 is 2.40 bits per heavy atom. The second-order valence-electron chi connectivity index (χ2n) is 2.39. The second kappa shape index (κ2) is 4.66. The lowest BCUT2D eigenvalue weighted by Gasteiger charge is -2.21. The van der Waals surface area contributed by atoms with E-state index in [-0.39, 0.29) is 12.9 Å². The topological polar surface area (TPSA) is 38.7 Å². The van der Waals surface area contributed by atoms with E-state index >= 15 is 0 Å². The lowest BCUT2D eigenvalue weighted by Crippen LogP contribution is -2.23. The summed E-state index contributed by atoms with van der Waals surface area (Å²) in [5, 5.41) is 8.42. The summed E-state index contributed by atoms with van der Waals surface area (Å²) in [5.74, 6) is 0. The molecular weight excluding hydrogens is 132 g/mol. The fraction of sp³-hybridized carbons (Fsp3) is 1.00. The fourth-order valence-electron chi connectivity index (χ4n) is 1.03. The van der Waals surface area contributed by atoms with Gasteiger partial charge in [-0.25, -0.2) is 0 Å². The van der Waals surface area contributed by atoms with E-state index in [9.17, 15) is 0 Å². The van der Waals surface area contributed by atoms with Gasteiger partial charge in [0, 0.05) is 6.61 Å². The number of aliphatic hydroxyl groups is 1. The molecule has 10 heavy (non-hydrogen) atoms. The van der Waals surface area contributed by atoms with Gasteiger partial charge in [-0.15, -0.1) is 0 Å². The van der Waals surface area contributed by atoms with Crippen molar-refractivity contribution >= 4 is 0 Å². The van der Waals surface area contributed by atoms with Crippen molar-refractivity contribution in [1.29, 1.82) is 0 Å². The van der Waals surface area contributed by atoms with Crippen LogP contribution in [0.25, 0.3) is 0 Å². The average molecular weight is 146 g/mol. The van der Waals surface area contributed by atoms with Crippen LogP contribution in [0.2, 0.25) is 0 Å². The molecule has 0 aromatic carbocycles. The van der Waals surface area contributed by atoms with Crippen molar-refractivity contribution < 1.29 is 14.6 Å². The maximum absolute atomic E-state index is 8.42. The summed E-state index contributed by atoms with van der Waals surface area (Å²) in [7, 11) is 0. The van der Waals surface area contributed by atoms with Crippen molar-refractivity contribution in [3.05, 3.63) is 0 Å². The zero-order chi connectivity index (χ0) is 7.23. The quantitative estimate of drug-likeness (QED) is 0.631. The number of ether oxygens (including phenoxy) is 2. The van der Waals surface area contributed by atoms with Crippen LogP contribution in [0.4, 0.5) is 0 Å². The van der Waals surface area contributed by atoms with Gasteiger partial charge in [0.05, 0.1) is 13.2 Å². The number of rotatable bonds is 3. The molecule has 1 atom stereocenters. The maximum Gasteiger partial charge on any atom is 0.157 e. The van der Waals surface area contributed by atoms with Crippen molar-refractivity contribution in [2.75, 3.05) is 19.8 Å². The summed E-state index contributed by atoms with van der Waals surface area (Å²) >= 11 is 0. The Kier molecular flexibility index (Phi) is 3.72. The molecule has 0 amide bonds. The Labute approximate surface area is 60.9 Å². The van der Waals surface area contributed by atoms with Crippen LogP contribution < -0.4 is 0 Å². The number of hydrogen-bond donors (Lipinski definition) is 1. The summed E-state index contributed by atoms with van der Waals surface area (Å²) in [6.45, 7) is 1.28. The van der Waals surface area contributed by atoms with Crippen LogP contribution in [0.5, 0.6) is 0 Å². The van der Waals surface area contributed by atoms with Gasteiger partial charge in [0.1, 0.15) is 0 Å². The zero-order valence-electron chi connectivity index (χ0n) is 6.08. The van der Waals surface area contributed by atoms with Crippen LogP contribution >= 0.6 is 0 Å². The molecule has 0 radical (unpaired) electrons. The van der Waals surface area contributed by atoms with E-state index in [4.69, 9.17) is 14.6 Å². The molecule has 1 saturated heterocycles. The van der Waals surface area contributed by atoms with Gasteiger partial charge in [0.2, 0.25) is 0 Å². The van der Waals surface area contributed by atoms with Crippen LogP contribution in [0.1, 0.15) is 19.3 Å². The average Bonchev–Trinajstić information content (AvgIpc) is 2.03. The Morgan fingerprint density at radius 1 is 1.50 bits per heavy atom. The normalized spacial score (nSPS) is 26.7. The molecule has 1 heterocycles. The number of hydrogen-bond acceptors (Lipinski definition) is 3. The van der Waals surface area contributed by atoms with Gasteiger partial charge in [-0.05, 0) is 19.3 Å². The van der Waals surface area contributed by atoms with Crippen LogP contribution in [-0.4, -0.2) is 31.2 Å². The van der Waals surface area contributed by atoms with Crippen molar-refractivity contribution in [1.82, 2.24) is 0 Å². The maximum atomic E-state index is 8.42. The SMILES string of the molecule is OCCO[C@H]1CCCCO1. The molecule has 0 aromatic heterocycles. The highest BCUT2D eigenvalue weighted by Gasteiger charge is 2.12. The monoisotopic (exact) mass is 146 g/mol. The summed E-state index contributed by atoms with van der Waals surface area (Å²) in [6, 6.07) is 0. The molecular formula is C7H14O3. The second-order valence-corrected chi connectivity index (χ2v) is 2.39. The standard InChI is InChI=1S/C7H14O3/c8-4-6-10-7-3-1-2-5-9-7/h7-8H,1-6H2/t7-/m0/s1. The van der Waals surface area contributed by atoms with Gasteiger partial charge in [-0.1, -0.05) is 0 Å². The summed E-state index contributed by atoms with van der Waals surface area (Å²) in [5.41, 5.74) is 0. The summed E-state index contributed by atoms with van der Waals surface area (Å²) in [6.07, 6.45) is 3.23. The highest BCUT2D eigenvalue weighted by atomic mass is 16.7. The number of aliphatic hydroxyl groups excluding tert-OH is 1. The molecule has 0 bridgehead atoms. The first-order chi connectivity index (χ1) is 4.93. The predicted molar refractivity (Wildman–Crippen MR) is 36.6 cm³/mol. The largest absolute Gasteiger partial charge is 0.394 e. The molecule has 1 rings (SSSR count). The van der Waals surface area contributed by atoms with Crippen molar-refractivity contribution in [2.45, 2.75) is 25.6 Å². The van der Waals surface area contributed by atoms with Gasteiger partial charge in [-0.2, -0.15) is 0 Å². The van der Waals surface area contributed by atoms with E-state index in [1.165, 1.54) is 6.42 Å². The predicted octanol–water partition coefficient (Wildman–Crippen LogP) is 0.522. The van der Waals surface area contributed by atoms with Crippen LogP contribution in [0, 0.1) is 0 Å². The minimum atomic E-state index is -0.0547. The Balaban J connectivity index is 2.02. The van der Waals surface area contributed by atoms with Crippen molar-refractivity contribution in [3.63, 3.8) is 0 Å². The van der Waals surface area contributed by atoms with Crippen molar-refractivity contribution in [2.24, 2.45) is 0 Å². The molecule has 0 aliphatic carbocycles. The third-order valence-corrected chi connectivity index (χ3v) is 1.53. The molecule has 1 aliphatic heterocycles. The van der Waals surface area contributed by atoms with Crippen LogP contribution in [-0.2, 0) is 9.47 Å². The minimum absolute atomic E-state index is 0.0547. The molecule has 0 unspecified atom stereocenters. The molecule has 3 heteroatoms. The molecule has 0 saturated carbocycles. The van der Waals surface area contributed by atoms with E-state index in [2.05, 4.69) is 0 Å². The summed E-state index contributed by atoms with van der Waals surface area (Å²) < 4.78 is 10.4. The fourth-order valence-corrected chi connectivity index (χ4v) is 1.03. The van der Waals surface area contributed by atoms with Crippen LogP contribution in [0.15, 0.2) is 0 Å². The molecule has 0 spiro atoms. The molecule has 1 aliphatic rings. The van der Waals surface area contributed by atoms with Gasteiger partial charge in [-0.3, -0.25) is 0 Å². The molecule has 0 aromatic rings. The molecule has 3 nitrogen and oxygen atoms in total. The molecule has 1 fully saturated rings. The first-order valence-electron chi connectivity index (χ1n) is 3.77. The molecule has 1 N–H and O–H groups in total. The zero-order valence-corrected chi connectivity index (χ0v) is 6.08. The lowest BCUT2D eigenvalue weighted by atomic mass is 10.2. The summed E-state index contributed by atoms with van der Waals surface area (Å²) in [4.78, 5) is 0. The van der Waals surface area contributed by atoms with E-state index in [1.54, 1.807) is 0 Å². The first-order valence-corrected chi connectivity index (χ1v) is 3.77. The van der Waals surface area contributed by atoms with Gasteiger partial charge >= 0.3 is 0 Å². The molecule has 60 valence electrons. The van der Waals surface area contributed by atoms with Gasteiger partial charge in [0.25, 0.3) is 0 Å². The lowest BCUT2D eigenvalue weighted by molar-refractivity contribution is -0.166. The highest BCUT2D eigenvalue weighted by molar-refractivity contribution is 4.53. The third-order valence-electron chi connectivity index (χ3n) is 1.53. The van der Waals surface area contributed by atoms with Crippen LogP contribution in [0.3, 0.4) is 0 Å². The minimum Gasteiger partial charge on any atom is -0.394 e. The van der Waals surface area contributed by atoms with E-state index in [0.29, 0.717) is 6.61 Å². The van der Waals surface area contributed by atoms with Gasteiger partial charge < -0.3 is 14.6 Å². The third kappa shape index (κ3) is 2.64. The smallest absolute Gasteiger partial charge is 0.157 e.